The molecule has 3 heteroatoms. The zero-order valence-electron chi connectivity index (χ0n) is 7.04. The molecule has 1 aliphatic carbocycles. The first kappa shape index (κ1) is 8.97. The van der Waals surface area contributed by atoms with Gasteiger partial charge in [-0.2, -0.15) is 0 Å². The summed E-state index contributed by atoms with van der Waals surface area (Å²) in [6, 6.07) is 0. The van der Waals surface area contributed by atoms with Gasteiger partial charge in [-0.15, -0.1) is 0 Å². The summed E-state index contributed by atoms with van der Waals surface area (Å²) in [6.45, 7) is 2.97. The van der Waals surface area contributed by atoms with Crippen molar-refractivity contribution in [2.45, 2.75) is 20.0 Å². The van der Waals surface area contributed by atoms with Crippen LogP contribution in [0, 0.1) is 5.41 Å². The van der Waals surface area contributed by atoms with E-state index in [1.165, 1.54) is 13.0 Å². The van der Waals surface area contributed by atoms with E-state index in [4.69, 9.17) is 5.11 Å². The average Bonchev–Trinajstić information content (AvgIpc) is 2.00. The zero-order chi connectivity index (χ0) is 9.35. The largest absolute Gasteiger partial charge is 0.481 e. The SMILES string of the molecule is CC1=CC=CC(C)(C(=O)O)C1F. The molecule has 2 unspecified atom stereocenters. The molecule has 12 heavy (non-hydrogen) atoms. The smallest absolute Gasteiger partial charge is 0.316 e. The van der Waals surface area contributed by atoms with E-state index in [1.807, 2.05) is 0 Å². The molecule has 1 rings (SSSR count). The van der Waals surface area contributed by atoms with Crippen LogP contribution >= 0.6 is 0 Å². The van der Waals surface area contributed by atoms with Crippen LogP contribution in [0.25, 0.3) is 0 Å². The first-order chi connectivity index (χ1) is 5.48. The van der Waals surface area contributed by atoms with Crippen molar-refractivity contribution < 1.29 is 14.3 Å². The lowest BCUT2D eigenvalue weighted by molar-refractivity contribution is -0.147. The van der Waals surface area contributed by atoms with Crippen LogP contribution in [0.2, 0.25) is 0 Å². The Morgan fingerprint density at radius 3 is 2.75 bits per heavy atom. The number of alkyl halides is 1. The summed E-state index contributed by atoms with van der Waals surface area (Å²) in [4.78, 5) is 10.7. The fraction of sp³-hybridized carbons (Fsp3) is 0.444. The Kier molecular flexibility index (Phi) is 2.04. The molecule has 2 atom stereocenters. The first-order valence-electron chi connectivity index (χ1n) is 3.72. The highest BCUT2D eigenvalue weighted by Gasteiger charge is 2.41. The Morgan fingerprint density at radius 2 is 2.33 bits per heavy atom. The number of halogens is 1. The third-order valence-electron chi connectivity index (χ3n) is 2.19. The Bertz CT molecular complexity index is 268. The Morgan fingerprint density at radius 1 is 1.75 bits per heavy atom. The van der Waals surface area contributed by atoms with E-state index in [9.17, 15) is 9.18 Å². The molecule has 0 saturated carbocycles. The van der Waals surface area contributed by atoms with Crippen molar-refractivity contribution >= 4 is 5.97 Å². The Labute approximate surface area is 70.4 Å². The van der Waals surface area contributed by atoms with Crippen LogP contribution in [-0.4, -0.2) is 17.2 Å². The fourth-order valence-electron chi connectivity index (χ4n) is 1.22. The van der Waals surface area contributed by atoms with Crippen LogP contribution < -0.4 is 0 Å². The summed E-state index contributed by atoms with van der Waals surface area (Å²) in [6.07, 6.45) is 3.14. The monoisotopic (exact) mass is 170 g/mol. The second-order valence-corrected chi connectivity index (χ2v) is 3.22. The van der Waals surface area contributed by atoms with Crippen molar-refractivity contribution in [3.05, 3.63) is 23.8 Å². The molecule has 0 saturated heterocycles. The van der Waals surface area contributed by atoms with Crippen LogP contribution in [0.1, 0.15) is 13.8 Å². The molecular formula is C9H11FO2. The van der Waals surface area contributed by atoms with Gasteiger partial charge in [-0.1, -0.05) is 18.2 Å². The molecule has 0 bridgehead atoms. The van der Waals surface area contributed by atoms with Gasteiger partial charge >= 0.3 is 5.97 Å². The number of carbonyl (C=O) groups is 1. The number of hydrogen-bond acceptors (Lipinski definition) is 1. The molecule has 0 amide bonds. The molecule has 0 radical (unpaired) electrons. The Balaban J connectivity index is 3.03. The number of carboxylic acids is 1. The third kappa shape index (κ3) is 1.15. The van der Waals surface area contributed by atoms with Gasteiger partial charge in [-0.05, 0) is 19.4 Å². The van der Waals surface area contributed by atoms with E-state index < -0.39 is 17.6 Å². The standard InChI is InChI=1S/C9H11FO2/c1-6-4-3-5-9(2,7(6)10)8(11)12/h3-5,7H,1-2H3,(H,11,12). The molecular weight excluding hydrogens is 159 g/mol. The number of allylic oxidation sites excluding steroid dienone is 3. The van der Waals surface area contributed by atoms with Crippen LogP contribution in [0.4, 0.5) is 4.39 Å². The van der Waals surface area contributed by atoms with E-state index in [2.05, 4.69) is 0 Å². The fourth-order valence-corrected chi connectivity index (χ4v) is 1.22. The molecule has 1 aliphatic rings. The lowest BCUT2D eigenvalue weighted by Gasteiger charge is -2.28. The van der Waals surface area contributed by atoms with Crippen molar-refractivity contribution in [1.82, 2.24) is 0 Å². The minimum atomic E-state index is -1.42. The van der Waals surface area contributed by atoms with E-state index >= 15 is 0 Å². The summed E-state index contributed by atoms with van der Waals surface area (Å²) in [7, 11) is 0. The summed E-state index contributed by atoms with van der Waals surface area (Å²) >= 11 is 0. The molecule has 0 spiro atoms. The van der Waals surface area contributed by atoms with E-state index in [0.717, 1.165) is 0 Å². The maximum atomic E-state index is 13.4. The van der Waals surface area contributed by atoms with Gasteiger partial charge in [-0.3, -0.25) is 4.79 Å². The quantitative estimate of drug-likeness (QED) is 0.652. The topological polar surface area (TPSA) is 37.3 Å². The van der Waals surface area contributed by atoms with Crippen molar-refractivity contribution in [2.24, 2.45) is 5.41 Å². The van der Waals surface area contributed by atoms with E-state index in [-0.39, 0.29) is 0 Å². The molecule has 66 valence electrons. The summed E-state index contributed by atoms with van der Waals surface area (Å²) in [5, 5.41) is 8.77. The van der Waals surface area contributed by atoms with Gasteiger partial charge in [-0.25, -0.2) is 4.39 Å². The van der Waals surface area contributed by atoms with Gasteiger partial charge in [0.1, 0.15) is 11.6 Å². The number of aliphatic carboxylic acids is 1. The number of hydrogen-bond donors (Lipinski definition) is 1. The van der Waals surface area contributed by atoms with Gasteiger partial charge in [0.25, 0.3) is 0 Å². The van der Waals surface area contributed by atoms with Gasteiger partial charge < -0.3 is 5.11 Å². The average molecular weight is 170 g/mol. The minimum absolute atomic E-state index is 0.461. The van der Waals surface area contributed by atoms with Crippen molar-refractivity contribution in [3.63, 3.8) is 0 Å². The van der Waals surface area contributed by atoms with Gasteiger partial charge in [0.15, 0.2) is 0 Å². The molecule has 0 aliphatic heterocycles. The van der Waals surface area contributed by atoms with Gasteiger partial charge in [0, 0.05) is 0 Å². The Hall–Kier alpha value is -1.12. The maximum Gasteiger partial charge on any atom is 0.316 e. The van der Waals surface area contributed by atoms with E-state index in [0.29, 0.717) is 5.57 Å². The van der Waals surface area contributed by atoms with Crippen molar-refractivity contribution in [3.8, 4) is 0 Å². The maximum absolute atomic E-state index is 13.4. The number of carboxylic acid groups (broad SMARTS) is 1. The second-order valence-electron chi connectivity index (χ2n) is 3.22. The lowest BCUT2D eigenvalue weighted by atomic mass is 9.79. The summed E-state index contributed by atoms with van der Waals surface area (Å²) in [5.41, 5.74) is -0.929. The predicted molar refractivity (Wildman–Crippen MR) is 43.5 cm³/mol. The number of rotatable bonds is 1. The van der Waals surface area contributed by atoms with Crippen LogP contribution in [-0.2, 0) is 4.79 Å². The highest BCUT2D eigenvalue weighted by atomic mass is 19.1. The summed E-state index contributed by atoms with van der Waals surface area (Å²) in [5.74, 6) is -1.13. The van der Waals surface area contributed by atoms with Crippen LogP contribution in [0.3, 0.4) is 0 Å². The molecule has 0 aromatic rings. The van der Waals surface area contributed by atoms with Gasteiger partial charge in [0.05, 0.1) is 0 Å². The molecule has 0 aromatic heterocycles. The van der Waals surface area contributed by atoms with Crippen molar-refractivity contribution in [2.75, 3.05) is 0 Å². The van der Waals surface area contributed by atoms with Crippen LogP contribution in [0.15, 0.2) is 23.8 Å². The van der Waals surface area contributed by atoms with Crippen molar-refractivity contribution in [1.29, 1.82) is 0 Å². The lowest BCUT2D eigenvalue weighted by Crippen LogP contribution is -2.37. The molecule has 0 fully saturated rings. The molecule has 0 heterocycles. The minimum Gasteiger partial charge on any atom is -0.481 e. The second kappa shape index (κ2) is 2.73. The zero-order valence-corrected chi connectivity index (χ0v) is 7.04. The normalized spacial score (nSPS) is 34.6. The molecule has 2 nitrogen and oxygen atoms in total. The van der Waals surface area contributed by atoms with Crippen LogP contribution in [0.5, 0.6) is 0 Å². The molecule has 1 N–H and O–H groups in total. The highest BCUT2D eigenvalue weighted by Crippen LogP contribution is 2.34. The van der Waals surface area contributed by atoms with E-state index in [1.54, 1.807) is 19.1 Å². The van der Waals surface area contributed by atoms with Gasteiger partial charge in [0.2, 0.25) is 0 Å². The summed E-state index contributed by atoms with van der Waals surface area (Å²) < 4.78 is 13.4. The predicted octanol–water partition coefficient (Wildman–Crippen LogP) is 1.93. The first-order valence-corrected chi connectivity index (χ1v) is 3.72. The highest BCUT2D eigenvalue weighted by molar-refractivity contribution is 5.78. The third-order valence-corrected chi connectivity index (χ3v) is 2.19. The molecule has 0 aromatic carbocycles.